The molecule has 4 aromatic rings. The molecule has 2 amide bonds. The summed E-state index contributed by atoms with van der Waals surface area (Å²) in [5, 5.41) is 13.2. The van der Waals surface area contributed by atoms with Gasteiger partial charge in [0.25, 0.3) is 11.8 Å². The number of ether oxygens (including phenoxy) is 1. The average molecular weight is 519 g/mol. The summed E-state index contributed by atoms with van der Waals surface area (Å²) in [5.74, 6) is -1.38. The van der Waals surface area contributed by atoms with Crippen molar-refractivity contribution in [3.63, 3.8) is 0 Å². The Bertz CT molecular complexity index is 1600. The molecule has 0 fully saturated rings. The third-order valence-corrected chi connectivity index (χ3v) is 6.28. The van der Waals surface area contributed by atoms with Gasteiger partial charge in [-0.1, -0.05) is 12.1 Å². The van der Waals surface area contributed by atoms with Gasteiger partial charge < -0.3 is 15.4 Å². The maximum Gasteiger partial charge on any atom is 0.368 e. The van der Waals surface area contributed by atoms with E-state index in [0.717, 1.165) is 22.1 Å². The molecule has 12 nitrogen and oxygen atoms in total. The van der Waals surface area contributed by atoms with Crippen LogP contribution in [0.15, 0.2) is 53.6 Å². The molecule has 38 heavy (non-hydrogen) atoms. The number of nitrogens with one attached hydrogen (secondary N) is 2. The van der Waals surface area contributed by atoms with E-state index in [1.54, 1.807) is 6.07 Å². The number of hydrogen-bond acceptors (Lipinski definition) is 8. The van der Waals surface area contributed by atoms with Crippen molar-refractivity contribution in [3.8, 4) is 11.4 Å². The van der Waals surface area contributed by atoms with Crippen molar-refractivity contribution >= 4 is 11.8 Å². The Labute approximate surface area is 215 Å². The molecule has 0 spiro atoms. The molecular formula is C25H23FN8O4. The number of aryl methyl sites for hydroxylation is 2. The van der Waals surface area contributed by atoms with Crippen LogP contribution in [0.5, 0.6) is 5.75 Å². The van der Waals surface area contributed by atoms with Gasteiger partial charge in [0.15, 0.2) is 11.6 Å². The van der Waals surface area contributed by atoms with Gasteiger partial charge >= 0.3 is 5.69 Å². The molecule has 2 aromatic carbocycles. The minimum Gasteiger partial charge on any atom is -0.494 e. The van der Waals surface area contributed by atoms with Crippen molar-refractivity contribution in [1.82, 2.24) is 40.4 Å². The highest BCUT2D eigenvalue weighted by Gasteiger charge is 2.26. The topological polar surface area (TPSA) is 146 Å². The largest absolute Gasteiger partial charge is 0.494 e. The van der Waals surface area contributed by atoms with Gasteiger partial charge in [0.2, 0.25) is 0 Å². The number of hydrogen-bond donors (Lipinski definition) is 2. The first-order valence-electron chi connectivity index (χ1n) is 11.7. The maximum absolute atomic E-state index is 13.6. The zero-order valence-corrected chi connectivity index (χ0v) is 20.5. The first-order valence-corrected chi connectivity index (χ1v) is 11.7. The molecule has 194 valence electrons. The average Bonchev–Trinajstić information content (AvgIpc) is 3.49. The van der Waals surface area contributed by atoms with Crippen LogP contribution in [0.2, 0.25) is 0 Å². The van der Waals surface area contributed by atoms with Crippen molar-refractivity contribution in [3.05, 3.63) is 93.2 Å². The lowest BCUT2D eigenvalue weighted by atomic mass is 10.1. The number of tetrazole rings is 1. The fourth-order valence-electron chi connectivity index (χ4n) is 4.29. The summed E-state index contributed by atoms with van der Waals surface area (Å²) in [5.41, 5.74) is 2.87. The van der Waals surface area contributed by atoms with Crippen molar-refractivity contribution in [2.45, 2.75) is 25.4 Å². The molecule has 1 atom stereocenters. The third-order valence-electron chi connectivity index (χ3n) is 6.28. The summed E-state index contributed by atoms with van der Waals surface area (Å²) in [6, 6.07) is 10.8. The molecule has 0 aliphatic heterocycles. The fraction of sp³-hybridized carbons (Fsp3) is 0.240. The van der Waals surface area contributed by atoms with E-state index in [1.165, 1.54) is 43.1 Å². The van der Waals surface area contributed by atoms with E-state index in [0.29, 0.717) is 24.1 Å². The second-order valence-corrected chi connectivity index (χ2v) is 8.68. The lowest BCUT2D eigenvalue weighted by molar-refractivity contribution is 0.0931. The monoisotopic (exact) mass is 518 g/mol. The zero-order chi connectivity index (χ0) is 26.8. The predicted molar refractivity (Wildman–Crippen MR) is 131 cm³/mol. The van der Waals surface area contributed by atoms with Gasteiger partial charge in [-0.05, 0) is 64.2 Å². The lowest BCUT2D eigenvalue weighted by Gasteiger charge is -2.14. The molecule has 0 radical (unpaired) electrons. The Kier molecular flexibility index (Phi) is 6.64. The van der Waals surface area contributed by atoms with Crippen LogP contribution in [0.25, 0.3) is 5.69 Å². The number of amides is 2. The van der Waals surface area contributed by atoms with E-state index >= 15 is 0 Å². The molecular weight excluding hydrogens is 495 g/mol. The van der Waals surface area contributed by atoms with Crippen molar-refractivity contribution < 1.29 is 18.7 Å². The number of benzene rings is 2. The highest BCUT2D eigenvalue weighted by Crippen LogP contribution is 2.32. The van der Waals surface area contributed by atoms with Crippen LogP contribution >= 0.6 is 0 Å². The number of methoxy groups -OCH3 is 1. The summed E-state index contributed by atoms with van der Waals surface area (Å²) in [6.45, 7) is 0.114. The molecule has 1 aliphatic rings. The van der Waals surface area contributed by atoms with Gasteiger partial charge in [-0.2, -0.15) is 9.36 Å². The quantitative estimate of drug-likeness (QED) is 0.372. The highest BCUT2D eigenvalue weighted by molar-refractivity contribution is 5.97. The minimum absolute atomic E-state index is 0.0186. The Morgan fingerprint density at radius 1 is 1.08 bits per heavy atom. The van der Waals surface area contributed by atoms with E-state index in [1.807, 2.05) is 12.1 Å². The molecule has 2 aromatic heterocycles. The van der Waals surface area contributed by atoms with Crippen LogP contribution < -0.4 is 21.1 Å². The van der Waals surface area contributed by atoms with Gasteiger partial charge in [0, 0.05) is 19.7 Å². The molecule has 5 rings (SSSR count). The zero-order valence-electron chi connectivity index (χ0n) is 20.5. The minimum atomic E-state index is -0.511. The molecule has 0 unspecified atom stereocenters. The summed E-state index contributed by atoms with van der Waals surface area (Å²) >= 11 is 0. The Hall–Kier alpha value is -4.94. The summed E-state index contributed by atoms with van der Waals surface area (Å²) in [6.07, 6.45) is 2.52. The summed E-state index contributed by atoms with van der Waals surface area (Å²) in [4.78, 5) is 45.7. The van der Waals surface area contributed by atoms with Gasteiger partial charge in [-0.25, -0.2) is 19.2 Å². The molecule has 2 heterocycles. The van der Waals surface area contributed by atoms with Crippen LogP contribution in [0, 0.1) is 5.82 Å². The van der Waals surface area contributed by atoms with Crippen molar-refractivity contribution in [2.24, 2.45) is 7.05 Å². The normalized spacial score (nSPS) is 14.1. The first kappa shape index (κ1) is 24.7. The van der Waals surface area contributed by atoms with Crippen molar-refractivity contribution in [1.29, 1.82) is 0 Å². The number of fused-ring (bicyclic) bond motifs is 1. The van der Waals surface area contributed by atoms with Crippen molar-refractivity contribution in [2.75, 3.05) is 7.11 Å². The van der Waals surface area contributed by atoms with Crippen LogP contribution in [0.3, 0.4) is 0 Å². The van der Waals surface area contributed by atoms with Gasteiger partial charge in [-0.3, -0.25) is 9.59 Å². The SMILES string of the molecule is COc1cc(CNC(=O)c2cc(C(=O)N[C@H]3CCc4cc(-n5nnn(C)c5=O)ccc43)ncn2)ccc1F. The highest BCUT2D eigenvalue weighted by atomic mass is 19.1. The van der Waals surface area contributed by atoms with Gasteiger partial charge in [-0.15, -0.1) is 0 Å². The standard InChI is InChI=1S/C25H23FN8O4/c1-33-25(37)34(32-31-33)16-5-6-17-15(10-16)4-8-19(17)30-24(36)21-11-20(28-13-29-21)23(35)27-12-14-3-7-18(26)22(9-14)38-2/h3,5-7,9-11,13,19H,4,8,12H2,1-2H3,(H,27,35)(H,30,36)/t19-/m0/s1. The number of nitrogens with zero attached hydrogens (tertiary/aromatic N) is 6. The van der Waals surface area contributed by atoms with E-state index in [2.05, 4.69) is 31.0 Å². The van der Waals surface area contributed by atoms with E-state index < -0.39 is 17.6 Å². The smallest absolute Gasteiger partial charge is 0.368 e. The second-order valence-electron chi connectivity index (χ2n) is 8.68. The summed E-state index contributed by atoms with van der Waals surface area (Å²) < 4.78 is 20.9. The van der Waals surface area contributed by atoms with E-state index in [9.17, 15) is 18.8 Å². The molecule has 0 bridgehead atoms. The third kappa shape index (κ3) is 4.85. The van der Waals surface area contributed by atoms with Gasteiger partial charge in [0.05, 0.1) is 18.8 Å². The molecule has 0 saturated heterocycles. The number of aromatic nitrogens is 6. The number of carbonyl (C=O) groups is 2. The molecule has 1 aliphatic carbocycles. The Morgan fingerprint density at radius 3 is 2.61 bits per heavy atom. The Balaban J connectivity index is 1.25. The van der Waals surface area contributed by atoms with E-state index in [4.69, 9.17) is 4.74 Å². The van der Waals surface area contributed by atoms with Crippen LogP contribution in [-0.4, -0.2) is 48.7 Å². The van der Waals surface area contributed by atoms with Crippen LogP contribution in [0.1, 0.15) is 50.1 Å². The lowest BCUT2D eigenvalue weighted by Crippen LogP contribution is -2.29. The predicted octanol–water partition coefficient (Wildman–Crippen LogP) is 1.25. The van der Waals surface area contributed by atoms with E-state index in [-0.39, 0.29) is 35.4 Å². The number of rotatable bonds is 7. The fourth-order valence-corrected chi connectivity index (χ4v) is 4.29. The molecule has 2 N–H and O–H groups in total. The second kappa shape index (κ2) is 10.2. The molecule has 0 saturated carbocycles. The maximum atomic E-state index is 13.6. The van der Waals surface area contributed by atoms with Crippen LogP contribution in [0.4, 0.5) is 4.39 Å². The number of carbonyl (C=O) groups excluding carboxylic acids is 2. The first-order chi connectivity index (χ1) is 18.3. The number of halogens is 1. The van der Waals surface area contributed by atoms with Gasteiger partial charge in [0.1, 0.15) is 17.7 Å². The molecule has 13 heteroatoms. The van der Waals surface area contributed by atoms with Crippen LogP contribution in [-0.2, 0) is 20.0 Å². The Morgan fingerprint density at radius 2 is 1.87 bits per heavy atom. The summed E-state index contributed by atoms with van der Waals surface area (Å²) in [7, 11) is 2.88.